The van der Waals surface area contributed by atoms with Crippen LogP contribution in [0.15, 0.2) is 30.3 Å². The van der Waals surface area contributed by atoms with Crippen molar-refractivity contribution in [2.45, 2.75) is 31.7 Å². The van der Waals surface area contributed by atoms with Gasteiger partial charge in [-0.15, -0.1) is 11.6 Å². The van der Waals surface area contributed by atoms with E-state index >= 15 is 0 Å². The van der Waals surface area contributed by atoms with E-state index in [0.717, 1.165) is 6.42 Å². The Labute approximate surface area is 152 Å². The van der Waals surface area contributed by atoms with Crippen LogP contribution in [0.5, 0.6) is 0 Å². The van der Waals surface area contributed by atoms with E-state index in [1.807, 2.05) is 18.2 Å². The summed E-state index contributed by atoms with van der Waals surface area (Å²) in [6, 6.07) is 8.60. The van der Waals surface area contributed by atoms with E-state index in [2.05, 4.69) is 10.6 Å². The third-order valence-electron chi connectivity index (χ3n) is 4.16. The van der Waals surface area contributed by atoms with Crippen LogP contribution in [0.25, 0.3) is 0 Å². The van der Waals surface area contributed by atoms with Crippen molar-refractivity contribution in [2.75, 3.05) is 25.5 Å². The van der Waals surface area contributed by atoms with Crippen LogP contribution in [0.3, 0.4) is 0 Å². The number of benzene rings is 1. The minimum absolute atomic E-state index is 0.0669. The second-order valence-electron chi connectivity index (χ2n) is 5.95. The Kier molecular flexibility index (Phi) is 7.73. The molecule has 0 aliphatic carbocycles. The zero-order chi connectivity index (χ0) is 18.1. The molecule has 136 valence electrons. The highest BCUT2D eigenvalue weighted by Gasteiger charge is 2.33. The molecule has 0 saturated carbocycles. The molecule has 2 rings (SSSR count). The summed E-state index contributed by atoms with van der Waals surface area (Å²) in [7, 11) is 0. The molecule has 0 radical (unpaired) electrons. The van der Waals surface area contributed by atoms with Gasteiger partial charge in [0.15, 0.2) is 0 Å². The fourth-order valence-electron chi connectivity index (χ4n) is 2.87. The second-order valence-corrected chi connectivity index (χ2v) is 6.33. The topological polar surface area (TPSA) is 78.5 Å². The van der Waals surface area contributed by atoms with E-state index in [1.165, 1.54) is 0 Å². The van der Waals surface area contributed by atoms with Crippen LogP contribution in [0.4, 0.5) is 0 Å². The summed E-state index contributed by atoms with van der Waals surface area (Å²) in [5.41, 5.74) is 0.617. The van der Waals surface area contributed by atoms with Crippen molar-refractivity contribution < 1.29 is 14.4 Å². The van der Waals surface area contributed by atoms with Gasteiger partial charge in [0.2, 0.25) is 11.8 Å². The van der Waals surface area contributed by atoms with Crippen molar-refractivity contribution in [3.63, 3.8) is 0 Å². The highest BCUT2D eigenvalue weighted by molar-refractivity contribution is 6.19. The largest absolute Gasteiger partial charge is 0.354 e. The van der Waals surface area contributed by atoms with Gasteiger partial charge in [-0.05, 0) is 31.4 Å². The lowest BCUT2D eigenvalue weighted by Crippen LogP contribution is -2.46. The Bertz CT molecular complexity index is 594. The fraction of sp³-hybridized carbons (Fsp3) is 0.500. The van der Waals surface area contributed by atoms with Gasteiger partial charge in [0.25, 0.3) is 5.91 Å². The van der Waals surface area contributed by atoms with Gasteiger partial charge in [-0.2, -0.15) is 0 Å². The summed E-state index contributed by atoms with van der Waals surface area (Å²) in [5.74, 6) is -0.0525. The lowest BCUT2D eigenvalue weighted by Gasteiger charge is -2.23. The number of likely N-dealkylation sites (tertiary alicyclic amines) is 1. The van der Waals surface area contributed by atoms with Crippen LogP contribution in [0.1, 0.15) is 36.0 Å². The van der Waals surface area contributed by atoms with Gasteiger partial charge in [-0.3, -0.25) is 14.4 Å². The highest BCUT2D eigenvalue weighted by atomic mass is 35.5. The molecule has 1 aromatic carbocycles. The predicted molar refractivity (Wildman–Crippen MR) is 96.5 cm³/mol. The molecule has 1 aliphatic heterocycles. The predicted octanol–water partition coefficient (Wildman–Crippen LogP) is 1.54. The maximum Gasteiger partial charge on any atom is 0.251 e. The Morgan fingerprint density at radius 1 is 1.12 bits per heavy atom. The summed E-state index contributed by atoms with van der Waals surface area (Å²) >= 11 is 5.61. The molecular formula is C18H24ClN3O3. The number of nitrogens with zero attached hydrogens (tertiary/aromatic N) is 1. The van der Waals surface area contributed by atoms with E-state index < -0.39 is 6.04 Å². The SMILES string of the molecule is O=C(NCCCNC(=O)[C@@H]1CCCN1C(=O)CCCl)c1ccccc1. The summed E-state index contributed by atoms with van der Waals surface area (Å²) in [5, 5.41) is 5.66. The summed E-state index contributed by atoms with van der Waals surface area (Å²) in [6.07, 6.45) is 2.41. The molecule has 25 heavy (non-hydrogen) atoms. The average molecular weight is 366 g/mol. The summed E-state index contributed by atoms with van der Waals surface area (Å²) in [6.45, 7) is 1.55. The molecule has 6 nitrogen and oxygen atoms in total. The third kappa shape index (κ3) is 5.74. The molecule has 1 saturated heterocycles. The van der Waals surface area contributed by atoms with Crippen LogP contribution in [0, 0.1) is 0 Å². The quantitative estimate of drug-likeness (QED) is 0.542. The monoisotopic (exact) mass is 365 g/mol. The number of amides is 3. The van der Waals surface area contributed by atoms with E-state index in [-0.39, 0.29) is 30.0 Å². The van der Waals surface area contributed by atoms with E-state index in [9.17, 15) is 14.4 Å². The van der Waals surface area contributed by atoms with Gasteiger partial charge >= 0.3 is 0 Å². The molecule has 7 heteroatoms. The van der Waals surface area contributed by atoms with E-state index in [1.54, 1.807) is 17.0 Å². The maximum atomic E-state index is 12.3. The number of halogens is 1. The zero-order valence-corrected chi connectivity index (χ0v) is 14.9. The van der Waals surface area contributed by atoms with E-state index in [4.69, 9.17) is 11.6 Å². The van der Waals surface area contributed by atoms with Crippen molar-refractivity contribution in [3.05, 3.63) is 35.9 Å². The van der Waals surface area contributed by atoms with Gasteiger partial charge in [-0.25, -0.2) is 0 Å². The van der Waals surface area contributed by atoms with Gasteiger partial charge in [-0.1, -0.05) is 18.2 Å². The van der Waals surface area contributed by atoms with Gasteiger partial charge < -0.3 is 15.5 Å². The number of carbonyl (C=O) groups is 3. The van der Waals surface area contributed by atoms with Crippen molar-refractivity contribution >= 4 is 29.3 Å². The van der Waals surface area contributed by atoms with Crippen LogP contribution in [0.2, 0.25) is 0 Å². The van der Waals surface area contributed by atoms with Gasteiger partial charge in [0.1, 0.15) is 6.04 Å². The number of hydrogen-bond acceptors (Lipinski definition) is 3. The van der Waals surface area contributed by atoms with Gasteiger partial charge in [0.05, 0.1) is 0 Å². The van der Waals surface area contributed by atoms with E-state index in [0.29, 0.717) is 38.0 Å². The first-order valence-corrected chi connectivity index (χ1v) is 9.13. The summed E-state index contributed by atoms with van der Waals surface area (Å²) < 4.78 is 0. The van der Waals surface area contributed by atoms with Crippen LogP contribution in [-0.4, -0.2) is 54.2 Å². The van der Waals surface area contributed by atoms with Gasteiger partial charge in [0, 0.05) is 37.5 Å². The highest BCUT2D eigenvalue weighted by Crippen LogP contribution is 2.18. The molecule has 0 unspecified atom stereocenters. The first-order chi connectivity index (χ1) is 12.1. The van der Waals surface area contributed by atoms with Crippen LogP contribution < -0.4 is 10.6 Å². The molecule has 3 amide bonds. The fourth-order valence-corrected chi connectivity index (χ4v) is 3.04. The normalized spacial score (nSPS) is 16.5. The molecule has 1 fully saturated rings. The first kappa shape index (κ1) is 19.2. The molecule has 0 bridgehead atoms. The molecule has 0 aromatic heterocycles. The standard InChI is InChI=1S/C18H24ClN3O3/c19-10-9-16(23)22-13-4-8-15(22)18(25)21-12-5-11-20-17(24)14-6-2-1-3-7-14/h1-3,6-7,15H,4-5,8-13H2,(H,20,24)(H,21,25)/t15-/m0/s1. The van der Waals surface area contributed by atoms with Crippen molar-refractivity contribution in [2.24, 2.45) is 0 Å². The van der Waals surface area contributed by atoms with Crippen LogP contribution >= 0.6 is 11.6 Å². The number of rotatable bonds is 8. The lowest BCUT2D eigenvalue weighted by molar-refractivity contribution is -0.138. The molecule has 1 aliphatic rings. The number of nitrogens with one attached hydrogen (secondary N) is 2. The van der Waals surface area contributed by atoms with Crippen molar-refractivity contribution in [1.82, 2.24) is 15.5 Å². The smallest absolute Gasteiger partial charge is 0.251 e. The third-order valence-corrected chi connectivity index (χ3v) is 4.35. The molecule has 2 N–H and O–H groups in total. The summed E-state index contributed by atoms with van der Waals surface area (Å²) in [4.78, 5) is 37.7. The minimum Gasteiger partial charge on any atom is -0.354 e. The lowest BCUT2D eigenvalue weighted by atomic mass is 10.2. The molecule has 1 aromatic rings. The Balaban J connectivity index is 1.66. The maximum absolute atomic E-state index is 12.3. The second kappa shape index (κ2) is 10.0. The molecule has 0 spiro atoms. The van der Waals surface area contributed by atoms with Crippen LogP contribution in [-0.2, 0) is 9.59 Å². The van der Waals surface area contributed by atoms with Crippen molar-refractivity contribution in [1.29, 1.82) is 0 Å². The number of carbonyl (C=O) groups excluding carboxylic acids is 3. The molecule has 1 atom stereocenters. The number of hydrogen-bond donors (Lipinski definition) is 2. The molecule has 1 heterocycles. The Morgan fingerprint density at radius 3 is 2.56 bits per heavy atom. The molecular weight excluding hydrogens is 342 g/mol. The Hall–Kier alpha value is -2.08. The first-order valence-electron chi connectivity index (χ1n) is 8.60. The number of alkyl halides is 1. The van der Waals surface area contributed by atoms with Crippen molar-refractivity contribution in [3.8, 4) is 0 Å². The minimum atomic E-state index is -0.394. The average Bonchev–Trinajstić information content (AvgIpc) is 3.12. The Morgan fingerprint density at radius 2 is 1.84 bits per heavy atom. The zero-order valence-electron chi connectivity index (χ0n) is 14.2.